The summed E-state index contributed by atoms with van der Waals surface area (Å²) < 4.78 is 0. The van der Waals surface area contributed by atoms with Gasteiger partial charge >= 0.3 is 0 Å². The van der Waals surface area contributed by atoms with Crippen molar-refractivity contribution in [1.29, 1.82) is 0 Å². The largest absolute Gasteiger partial charge is 0.355 e. The molecule has 0 bridgehead atoms. The zero-order chi connectivity index (χ0) is 15.9. The Hall–Kier alpha value is -1.10. The van der Waals surface area contributed by atoms with Crippen LogP contribution in [0.15, 0.2) is 0 Å². The number of likely N-dealkylation sites (tertiary alicyclic amines) is 1. The summed E-state index contributed by atoms with van der Waals surface area (Å²) in [6.07, 6.45) is 4.87. The number of carbonyl (C=O) groups excluding carboxylic acids is 2. The Bertz CT molecular complexity index is 350. The topological polar surface area (TPSA) is 61.4 Å². The number of piperidine rings is 1. The minimum Gasteiger partial charge on any atom is -0.355 e. The maximum atomic E-state index is 11.7. The number of amides is 2. The average molecular weight is 297 g/mol. The highest BCUT2D eigenvalue weighted by Gasteiger charge is 2.21. The third-order valence-electron chi connectivity index (χ3n) is 3.98. The summed E-state index contributed by atoms with van der Waals surface area (Å²) >= 11 is 0. The Morgan fingerprint density at radius 1 is 1.19 bits per heavy atom. The van der Waals surface area contributed by atoms with Crippen molar-refractivity contribution < 1.29 is 9.59 Å². The molecule has 1 saturated heterocycles. The van der Waals surface area contributed by atoms with Crippen LogP contribution in [0.1, 0.15) is 53.4 Å². The predicted molar refractivity (Wildman–Crippen MR) is 85.0 cm³/mol. The standard InChI is InChI=1S/C16H31N3O2/c1-13-8-5-6-10-19(13)11-7-9-17-14(20)12-18-15(21)16(2,3)4/h13H,5-12H2,1-4H3,(H,17,20)(H,18,21). The summed E-state index contributed by atoms with van der Waals surface area (Å²) in [7, 11) is 0. The van der Waals surface area contributed by atoms with Gasteiger partial charge in [-0.25, -0.2) is 0 Å². The van der Waals surface area contributed by atoms with Gasteiger partial charge in [0.1, 0.15) is 0 Å². The van der Waals surface area contributed by atoms with Crippen LogP contribution in [-0.2, 0) is 9.59 Å². The van der Waals surface area contributed by atoms with Crippen LogP contribution in [0.3, 0.4) is 0 Å². The Morgan fingerprint density at radius 3 is 2.52 bits per heavy atom. The number of hydrogen-bond donors (Lipinski definition) is 2. The first-order valence-electron chi connectivity index (χ1n) is 8.10. The minimum absolute atomic E-state index is 0.0657. The summed E-state index contributed by atoms with van der Waals surface area (Å²) in [6, 6.07) is 0.667. The third-order valence-corrected chi connectivity index (χ3v) is 3.98. The molecule has 0 aromatic carbocycles. The quantitative estimate of drug-likeness (QED) is 0.731. The molecule has 2 N–H and O–H groups in total. The van der Waals surface area contributed by atoms with Crippen LogP contribution < -0.4 is 10.6 Å². The molecule has 0 radical (unpaired) electrons. The molecule has 0 aliphatic carbocycles. The van der Waals surface area contributed by atoms with Gasteiger partial charge in [0.2, 0.25) is 11.8 Å². The Morgan fingerprint density at radius 2 is 1.90 bits per heavy atom. The zero-order valence-corrected chi connectivity index (χ0v) is 14.0. The van der Waals surface area contributed by atoms with E-state index in [1.54, 1.807) is 0 Å². The van der Waals surface area contributed by atoms with Gasteiger partial charge in [-0.1, -0.05) is 27.2 Å². The highest BCUT2D eigenvalue weighted by molar-refractivity contribution is 5.87. The van der Waals surface area contributed by atoms with Gasteiger partial charge in [-0.2, -0.15) is 0 Å². The van der Waals surface area contributed by atoms with Gasteiger partial charge in [0, 0.05) is 24.5 Å². The SMILES string of the molecule is CC1CCCCN1CCCNC(=O)CNC(=O)C(C)(C)C. The normalized spacial score (nSPS) is 20.1. The molecule has 0 aromatic heterocycles. The van der Waals surface area contributed by atoms with E-state index in [0.717, 1.165) is 13.0 Å². The van der Waals surface area contributed by atoms with E-state index >= 15 is 0 Å². The Kier molecular flexibility index (Phi) is 7.15. The number of nitrogens with one attached hydrogen (secondary N) is 2. The Labute approximate surface area is 128 Å². The van der Waals surface area contributed by atoms with Crippen molar-refractivity contribution in [2.24, 2.45) is 5.41 Å². The molecule has 0 saturated carbocycles. The molecule has 1 unspecified atom stereocenters. The van der Waals surface area contributed by atoms with Crippen molar-refractivity contribution in [3.05, 3.63) is 0 Å². The number of nitrogens with zero attached hydrogens (tertiary/aromatic N) is 1. The van der Waals surface area contributed by atoms with Crippen molar-refractivity contribution in [3.63, 3.8) is 0 Å². The summed E-state index contributed by atoms with van der Waals surface area (Å²) in [4.78, 5) is 25.8. The molecule has 1 atom stereocenters. The van der Waals surface area contributed by atoms with E-state index in [1.165, 1.54) is 25.8 Å². The second-order valence-corrected chi connectivity index (χ2v) is 7.02. The first kappa shape index (κ1) is 18.0. The van der Waals surface area contributed by atoms with Gasteiger partial charge in [0.15, 0.2) is 0 Å². The molecule has 1 heterocycles. The highest BCUT2D eigenvalue weighted by atomic mass is 16.2. The third kappa shape index (κ3) is 6.93. The maximum absolute atomic E-state index is 11.7. The molecule has 1 fully saturated rings. The molecule has 2 amide bonds. The van der Waals surface area contributed by atoms with Crippen LogP contribution in [-0.4, -0.2) is 48.9 Å². The van der Waals surface area contributed by atoms with Crippen LogP contribution in [0.25, 0.3) is 0 Å². The monoisotopic (exact) mass is 297 g/mol. The van der Waals surface area contributed by atoms with Gasteiger partial charge < -0.3 is 15.5 Å². The second kappa shape index (κ2) is 8.37. The fourth-order valence-corrected chi connectivity index (χ4v) is 2.49. The molecule has 1 aliphatic rings. The lowest BCUT2D eigenvalue weighted by Crippen LogP contribution is -2.43. The summed E-state index contributed by atoms with van der Waals surface area (Å²) in [5.41, 5.74) is -0.454. The van der Waals surface area contributed by atoms with Crippen LogP contribution >= 0.6 is 0 Å². The van der Waals surface area contributed by atoms with Crippen LogP contribution in [0.2, 0.25) is 0 Å². The summed E-state index contributed by atoms with van der Waals surface area (Å²) in [5, 5.41) is 5.52. The van der Waals surface area contributed by atoms with Gasteiger partial charge in [0.05, 0.1) is 6.54 Å². The molecule has 5 heteroatoms. The lowest BCUT2D eigenvalue weighted by Gasteiger charge is -2.33. The van der Waals surface area contributed by atoms with E-state index in [4.69, 9.17) is 0 Å². The van der Waals surface area contributed by atoms with E-state index < -0.39 is 5.41 Å². The van der Waals surface area contributed by atoms with E-state index in [-0.39, 0.29) is 18.4 Å². The lowest BCUT2D eigenvalue weighted by molar-refractivity contribution is -0.131. The number of hydrogen-bond acceptors (Lipinski definition) is 3. The molecular formula is C16H31N3O2. The van der Waals surface area contributed by atoms with Gasteiger partial charge in [-0.15, -0.1) is 0 Å². The number of carbonyl (C=O) groups is 2. The van der Waals surface area contributed by atoms with Crippen LogP contribution in [0.4, 0.5) is 0 Å². The molecule has 21 heavy (non-hydrogen) atoms. The molecule has 0 aromatic rings. The van der Waals surface area contributed by atoms with Crippen molar-refractivity contribution in [1.82, 2.24) is 15.5 Å². The fourth-order valence-electron chi connectivity index (χ4n) is 2.49. The van der Waals surface area contributed by atoms with Crippen molar-refractivity contribution >= 4 is 11.8 Å². The van der Waals surface area contributed by atoms with E-state index in [0.29, 0.717) is 12.6 Å². The van der Waals surface area contributed by atoms with E-state index in [9.17, 15) is 9.59 Å². The van der Waals surface area contributed by atoms with Gasteiger partial charge in [-0.05, 0) is 32.7 Å². The molecule has 0 spiro atoms. The van der Waals surface area contributed by atoms with Crippen molar-refractivity contribution in [3.8, 4) is 0 Å². The molecule has 1 rings (SSSR count). The molecular weight excluding hydrogens is 266 g/mol. The summed E-state index contributed by atoms with van der Waals surface area (Å²) in [5.74, 6) is -0.209. The number of rotatable bonds is 6. The second-order valence-electron chi connectivity index (χ2n) is 7.02. The smallest absolute Gasteiger partial charge is 0.239 e. The summed E-state index contributed by atoms with van der Waals surface area (Å²) in [6.45, 7) is 10.7. The van der Waals surface area contributed by atoms with Crippen LogP contribution in [0.5, 0.6) is 0 Å². The first-order valence-corrected chi connectivity index (χ1v) is 8.10. The highest BCUT2D eigenvalue weighted by Crippen LogP contribution is 2.16. The van der Waals surface area contributed by atoms with Crippen molar-refractivity contribution in [2.45, 2.75) is 59.4 Å². The average Bonchev–Trinajstić information content (AvgIpc) is 2.41. The van der Waals surface area contributed by atoms with Gasteiger partial charge in [0.25, 0.3) is 0 Å². The maximum Gasteiger partial charge on any atom is 0.239 e. The first-order chi connectivity index (χ1) is 9.80. The van der Waals surface area contributed by atoms with Crippen LogP contribution in [0, 0.1) is 5.41 Å². The molecule has 122 valence electrons. The van der Waals surface area contributed by atoms with E-state index in [1.807, 2.05) is 20.8 Å². The lowest BCUT2D eigenvalue weighted by atomic mass is 9.96. The molecule has 5 nitrogen and oxygen atoms in total. The minimum atomic E-state index is -0.454. The van der Waals surface area contributed by atoms with Crippen molar-refractivity contribution in [2.75, 3.05) is 26.2 Å². The zero-order valence-electron chi connectivity index (χ0n) is 14.0. The van der Waals surface area contributed by atoms with Gasteiger partial charge in [-0.3, -0.25) is 9.59 Å². The predicted octanol–water partition coefficient (Wildman–Crippen LogP) is 1.53. The fraction of sp³-hybridized carbons (Fsp3) is 0.875. The molecule has 1 aliphatic heterocycles. The Balaban J connectivity index is 2.09. The van der Waals surface area contributed by atoms with E-state index in [2.05, 4.69) is 22.5 Å².